The Hall–Kier alpha value is -2.43. The van der Waals surface area contributed by atoms with Gasteiger partial charge in [0.05, 0.1) is 6.54 Å². The third-order valence-electron chi connectivity index (χ3n) is 6.66. The molecule has 2 heterocycles. The van der Waals surface area contributed by atoms with Gasteiger partial charge in [-0.05, 0) is 38.5 Å². The second kappa shape index (κ2) is 20.5. The van der Waals surface area contributed by atoms with Gasteiger partial charge in [-0.3, -0.25) is 9.68 Å². The van der Waals surface area contributed by atoms with Crippen molar-refractivity contribution in [2.24, 2.45) is 0 Å². The Kier molecular flexibility index (Phi) is 17.2. The molecule has 2 aliphatic heterocycles. The highest BCUT2D eigenvalue weighted by molar-refractivity contribution is 5.67. The molecular formula is C26H46N6O6+2. The Morgan fingerprint density at radius 1 is 0.868 bits per heavy atom. The second-order valence-corrected chi connectivity index (χ2v) is 9.54. The Bertz CT molecular complexity index is 753. The van der Waals surface area contributed by atoms with Crippen LogP contribution in [-0.4, -0.2) is 91.2 Å². The summed E-state index contributed by atoms with van der Waals surface area (Å²) in [5.74, 6) is 0. The maximum absolute atomic E-state index is 11.4. The smallest absolute Gasteiger partial charge is 0.425 e. The molecule has 38 heavy (non-hydrogen) atoms. The Labute approximate surface area is 226 Å². The molecule has 0 radical (unpaired) electrons. The molecule has 214 valence electrons. The Morgan fingerprint density at radius 2 is 1.45 bits per heavy atom. The molecule has 0 aromatic carbocycles. The molecule has 2 fully saturated rings. The van der Waals surface area contributed by atoms with Crippen molar-refractivity contribution < 1.29 is 37.9 Å². The number of hydrogen-bond donors (Lipinski definition) is 3. The average Bonchev–Trinajstić information content (AvgIpc) is 3.31. The third-order valence-corrected chi connectivity index (χ3v) is 6.66. The number of nitrogens with zero attached hydrogens (tertiary/aromatic N) is 3. The summed E-state index contributed by atoms with van der Waals surface area (Å²) in [5, 5.41) is 10.7. The maximum atomic E-state index is 11.4. The summed E-state index contributed by atoms with van der Waals surface area (Å²) < 4.78 is 8.22. The van der Waals surface area contributed by atoms with Crippen LogP contribution in [0.25, 0.3) is 0 Å². The molecule has 12 heteroatoms. The predicted molar refractivity (Wildman–Crippen MR) is 139 cm³/mol. The minimum absolute atomic E-state index is 0.108. The van der Waals surface area contributed by atoms with Crippen LogP contribution in [0.5, 0.6) is 0 Å². The van der Waals surface area contributed by atoms with Crippen LogP contribution in [0.3, 0.4) is 0 Å². The molecule has 0 bridgehead atoms. The molecule has 3 N–H and O–H groups in total. The fraction of sp³-hybridized carbons (Fsp3) is 0.808. The van der Waals surface area contributed by atoms with E-state index in [2.05, 4.69) is 22.5 Å². The first-order chi connectivity index (χ1) is 18.7. The number of hydrogen-bond acceptors (Lipinski definition) is 9. The molecule has 2 atom stereocenters. The minimum Gasteiger partial charge on any atom is -0.445 e. The van der Waals surface area contributed by atoms with Crippen molar-refractivity contribution in [3.8, 4) is 0 Å². The van der Waals surface area contributed by atoms with E-state index < -0.39 is 6.09 Å². The number of rotatable bonds is 17. The molecule has 2 rings (SSSR count). The number of unbranched alkanes of at least 4 members (excludes halogenated alkanes) is 3. The lowest BCUT2D eigenvalue weighted by Gasteiger charge is -2.23. The average molecular weight is 539 g/mol. The summed E-state index contributed by atoms with van der Waals surface area (Å²) in [6.07, 6.45) is 16.4. The lowest BCUT2D eigenvalue weighted by molar-refractivity contribution is -0.572. The topological polar surface area (TPSA) is 124 Å². The normalized spacial score (nSPS) is 20.2. The van der Waals surface area contributed by atoms with E-state index in [0.29, 0.717) is 26.2 Å². The number of hydroxylamine groups is 2. The van der Waals surface area contributed by atoms with Gasteiger partial charge >= 0.3 is 18.3 Å². The van der Waals surface area contributed by atoms with Crippen LogP contribution < -0.4 is 16.0 Å². The van der Waals surface area contributed by atoms with Gasteiger partial charge in [-0.25, -0.2) is 15.4 Å². The van der Waals surface area contributed by atoms with E-state index in [0.717, 1.165) is 77.0 Å². The number of amides is 1. The van der Waals surface area contributed by atoms with E-state index >= 15 is 0 Å². The van der Waals surface area contributed by atoms with E-state index in [1.54, 1.807) is 9.15 Å². The summed E-state index contributed by atoms with van der Waals surface area (Å²) in [6.45, 7) is 6.57. The van der Waals surface area contributed by atoms with Crippen LogP contribution in [0.1, 0.15) is 77.0 Å². The van der Waals surface area contributed by atoms with E-state index in [-0.39, 0.29) is 32.4 Å². The first kappa shape index (κ1) is 31.8. The van der Waals surface area contributed by atoms with Crippen molar-refractivity contribution >= 4 is 18.3 Å². The largest absolute Gasteiger partial charge is 0.445 e. The first-order valence-electron chi connectivity index (χ1n) is 14.0. The lowest BCUT2D eigenvalue weighted by Crippen LogP contribution is -2.44. The zero-order valence-corrected chi connectivity index (χ0v) is 22.7. The minimum atomic E-state index is -0.434. The van der Waals surface area contributed by atoms with Crippen LogP contribution in [0, 0.1) is 0 Å². The van der Waals surface area contributed by atoms with Crippen molar-refractivity contribution in [1.29, 1.82) is 0 Å². The zero-order chi connectivity index (χ0) is 27.3. The molecule has 12 nitrogen and oxygen atoms in total. The molecule has 1 amide bonds. The maximum Gasteiger partial charge on any atom is 0.425 e. The highest BCUT2D eigenvalue weighted by Crippen LogP contribution is 2.12. The van der Waals surface area contributed by atoms with Crippen molar-refractivity contribution in [2.75, 3.05) is 46.2 Å². The fourth-order valence-electron chi connectivity index (χ4n) is 4.53. The highest BCUT2D eigenvalue weighted by atomic mass is 17.0. The quantitative estimate of drug-likeness (QED) is 0.0638. The molecule has 0 aromatic heterocycles. The Balaban J connectivity index is 1.75. The van der Waals surface area contributed by atoms with Gasteiger partial charge in [0.25, 0.3) is 0 Å². The van der Waals surface area contributed by atoms with E-state index in [1.807, 2.05) is 12.2 Å². The molecule has 2 saturated heterocycles. The summed E-state index contributed by atoms with van der Waals surface area (Å²) in [6, 6.07) is 0. The number of carbonyl (C=O) groups is 1. The van der Waals surface area contributed by atoms with Crippen LogP contribution in [0.15, 0.2) is 12.7 Å². The summed E-state index contributed by atoms with van der Waals surface area (Å²) in [4.78, 5) is 45.9. The SMILES string of the molecule is C=CCOC(=O)NCCCCCCN(OCNC1CCCCC[N+]1=C=O)OCNC1CCCCC[N+]1=C=O. The number of ether oxygens (including phenoxy) is 1. The van der Waals surface area contributed by atoms with Gasteiger partial charge in [-0.15, -0.1) is 9.15 Å². The molecular weight excluding hydrogens is 492 g/mol. The van der Waals surface area contributed by atoms with Crippen molar-refractivity contribution in [2.45, 2.75) is 89.4 Å². The number of carbonyl (C=O) groups excluding carboxylic acids is 3. The standard InChI is InChI=1S/C26H45N6O6/c1-2-19-36-26(35)27-15-9-3-4-12-18-32(37-20-28-24-13-7-5-10-16-30(24)22-33)38-21-29-25-14-8-6-11-17-31(25)23-34/h2,24-25,28-29H,1,3-21H2/q+1/p+1. The highest BCUT2D eigenvalue weighted by Gasteiger charge is 2.25. The van der Waals surface area contributed by atoms with Gasteiger partial charge in [0.2, 0.25) is 12.3 Å². The van der Waals surface area contributed by atoms with Crippen LogP contribution in [0.4, 0.5) is 4.79 Å². The lowest BCUT2D eigenvalue weighted by atomic mass is 10.2. The molecule has 2 unspecified atom stereocenters. The van der Waals surface area contributed by atoms with Crippen molar-refractivity contribution in [3.05, 3.63) is 12.7 Å². The number of nitrogens with one attached hydrogen (secondary N) is 3. The van der Waals surface area contributed by atoms with Gasteiger partial charge in [-0.1, -0.05) is 30.7 Å². The van der Waals surface area contributed by atoms with Crippen LogP contribution >= 0.6 is 0 Å². The monoisotopic (exact) mass is 538 g/mol. The fourth-order valence-corrected chi connectivity index (χ4v) is 4.53. The second-order valence-electron chi connectivity index (χ2n) is 9.54. The molecule has 0 aromatic rings. The van der Waals surface area contributed by atoms with Crippen molar-refractivity contribution in [3.63, 3.8) is 0 Å². The van der Waals surface area contributed by atoms with Gasteiger partial charge < -0.3 is 10.1 Å². The van der Waals surface area contributed by atoms with Crippen LogP contribution in [-0.2, 0) is 24.0 Å². The van der Waals surface area contributed by atoms with Gasteiger partial charge in [0, 0.05) is 32.2 Å². The van der Waals surface area contributed by atoms with Gasteiger partial charge in [0.1, 0.15) is 20.1 Å². The van der Waals surface area contributed by atoms with Gasteiger partial charge in [0.15, 0.2) is 13.1 Å². The van der Waals surface area contributed by atoms with Gasteiger partial charge in [-0.2, -0.15) is 9.59 Å². The number of isocyanates is 2. The van der Waals surface area contributed by atoms with Crippen LogP contribution in [0.2, 0.25) is 0 Å². The summed E-state index contributed by atoms with van der Waals surface area (Å²) in [5.41, 5.74) is 0. The van der Waals surface area contributed by atoms with E-state index in [1.165, 1.54) is 11.3 Å². The predicted octanol–water partition coefficient (Wildman–Crippen LogP) is 2.22. The third kappa shape index (κ3) is 13.4. The van der Waals surface area contributed by atoms with E-state index in [9.17, 15) is 14.4 Å². The van der Waals surface area contributed by atoms with Crippen molar-refractivity contribution in [1.82, 2.24) is 21.2 Å². The summed E-state index contributed by atoms with van der Waals surface area (Å²) >= 11 is 0. The first-order valence-corrected chi connectivity index (χ1v) is 14.0. The van der Waals surface area contributed by atoms with E-state index in [4.69, 9.17) is 14.4 Å². The molecule has 0 spiro atoms. The summed E-state index contributed by atoms with van der Waals surface area (Å²) in [7, 11) is 0. The molecule has 0 saturated carbocycles. The zero-order valence-electron chi connectivity index (χ0n) is 22.7. The molecule has 2 aliphatic rings. The number of alkyl carbamates (subject to hydrolysis) is 1. The Morgan fingerprint density at radius 3 is 2.00 bits per heavy atom. The molecule has 0 aliphatic carbocycles.